The maximum absolute atomic E-state index is 12.4. The minimum atomic E-state index is -1.11. The zero-order valence-corrected chi connectivity index (χ0v) is 13.4. The lowest BCUT2D eigenvalue weighted by atomic mass is 10.1. The summed E-state index contributed by atoms with van der Waals surface area (Å²) in [4.78, 5) is 25.4. The predicted molar refractivity (Wildman–Crippen MR) is 81.1 cm³/mol. The quantitative estimate of drug-likeness (QED) is 0.841. The van der Waals surface area contributed by atoms with Crippen molar-refractivity contribution in [1.29, 1.82) is 0 Å². The van der Waals surface area contributed by atoms with Crippen LogP contribution in [0.4, 0.5) is 4.79 Å². The first-order valence-electron chi connectivity index (χ1n) is 7.00. The molecule has 0 bridgehead atoms. The Bertz CT molecular complexity index is 495. The summed E-state index contributed by atoms with van der Waals surface area (Å²) >= 11 is 0. The molecule has 6 nitrogen and oxygen atoms in total. The van der Waals surface area contributed by atoms with Crippen molar-refractivity contribution in [1.82, 2.24) is 4.90 Å². The molecule has 0 heterocycles. The number of rotatable bonds is 5. The van der Waals surface area contributed by atoms with E-state index < -0.39 is 30.3 Å². The smallest absolute Gasteiger partial charge is 0.411 e. The fraction of sp³-hybridized carbons (Fsp3) is 0.500. The first kappa shape index (κ1) is 18.0. The summed E-state index contributed by atoms with van der Waals surface area (Å²) in [6, 6.07) is 8.04. The van der Waals surface area contributed by atoms with Gasteiger partial charge in [0.05, 0.1) is 20.3 Å². The molecule has 0 unspecified atom stereocenters. The molecule has 6 heteroatoms. The summed E-state index contributed by atoms with van der Waals surface area (Å²) in [5.41, 5.74) is 0.109. The number of ether oxygens (including phenoxy) is 2. The van der Waals surface area contributed by atoms with E-state index in [0.29, 0.717) is 0 Å². The molecular weight excluding hydrogens is 286 g/mol. The van der Waals surface area contributed by atoms with E-state index in [9.17, 15) is 14.7 Å². The van der Waals surface area contributed by atoms with Crippen LogP contribution in [0.5, 0.6) is 0 Å². The molecule has 1 amide bonds. The van der Waals surface area contributed by atoms with Crippen LogP contribution >= 0.6 is 0 Å². The Morgan fingerprint density at radius 3 is 2.27 bits per heavy atom. The third-order valence-corrected chi connectivity index (χ3v) is 2.85. The van der Waals surface area contributed by atoms with Gasteiger partial charge in [0.15, 0.2) is 6.04 Å². The van der Waals surface area contributed by atoms with Crippen molar-refractivity contribution in [3.8, 4) is 0 Å². The molecule has 0 spiro atoms. The van der Waals surface area contributed by atoms with Gasteiger partial charge in [-0.2, -0.15) is 0 Å². The molecule has 22 heavy (non-hydrogen) atoms. The number of methoxy groups -OCH3 is 1. The van der Waals surface area contributed by atoms with E-state index in [-0.39, 0.29) is 6.54 Å². The van der Waals surface area contributed by atoms with E-state index in [4.69, 9.17) is 4.74 Å². The first-order valence-corrected chi connectivity index (χ1v) is 7.00. The van der Waals surface area contributed by atoms with Crippen LogP contribution in [0.2, 0.25) is 0 Å². The maximum atomic E-state index is 12.4. The van der Waals surface area contributed by atoms with Gasteiger partial charge < -0.3 is 14.6 Å². The Morgan fingerprint density at radius 2 is 1.82 bits per heavy atom. The number of aliphatic hydroxyl groups excluding tert-OH is 1. The van der Waals surface area contributed by atoms with Gasteiger partial charge in [0.25, 0.3) is 0 Å². The number of benzene rings is 1. The first-order chi connectivity index (χ1) is 10.3. The van der Waals surface area contributed by atoms with Crippen molar-refractivity contribution < 1.29 is 24.2 Å². The van der Waals surface area contributed by atoms with Crippen molar-refractivity contribution in [3.05, 3.63) is 35.9 Å². The number of hydrogen-bond acceptors (Lipinski definition) is 5. The molecule has 0 aliphatic carbocycles. The molecular formula is C16H23NO5. The van der Waals surface area contributed by atoms with Crippen molar-refractivity contribution in [2.24, 2.45) is 0 Å². The summed E-state index contributed by atoms with van der Waals surface area (Å²) in [6.07, 6.45) is -0.680. The number of amides is 1. The molecule has 122 valence electrons. The largest absolute Gasteiger partial charge is 0.467 e. The fourth-order valence-corrected chi connectivity index (χ4v) is 1.84. The lowest BCUT2D eigenvalue weighted by Crippen LogP contribution is -2.49. The summed E-state index contributed by atoms with van der Waals surface area (Å²) in [5.74, 6) is -0.690. The number of carbonyl (C=O) groups is 2. The summed E-state index contributed by atoms with van der Waals surface area (Å²) < 4.78 is 9.97. The van der Waals surface area contributed by atoms with Crippen molar-refractivity contribution in [3.63, 3.8) is 0 Å². The maximum Gasteiger partial charge on any atom is 0.411 e. The Kier molecular flexibility index (Phi) is 6.37. The van der Waals surface area contributed by atoms with Gasteiger partial charge in [0, 0.05) is 0 Å². The normalized spacial score (nSPS) is 12.4. The van der Waals surface area contributed by atoms with Gasteiger partial charge in [-0.3, -0.25) is 4.90 Å². The van der Waals surface area contributed by atoms with E-state index in [2.05, 4.69) is 4.74 Å². The lowest BCUT2D eigenvalue weighted by Gasteiger charge is -2.31. The predicted octanol–water partition coefficient (Wildman–Crippen LogP) is 1.96. The standard InChI is InChI=1S/C16H23NO5/c1-16(2,3)22-15(20)17(13(11-18)14(19)21-4)10-12-8-6-5-7-9-12/h5-9,13,18H,10-11H2,1-4H3/t13-/m0/s1. The highest BCUT2D eigenvalue weighted by Gasteiger charge is 2.33. The third kappa shape index (κ3) is 5.37. The number of esters is 1. The lowest BCUT2D eigenvalue weighted by molar-refractivity contribution is -0.148. The summed E-state index contributed by atoms with van der Waals surface area (Å²) in [7, 11) is 1.21. The van der Waals surface area contributed by atoms with Crippen LogP contribution in [0.25, 0.3) is 0 Å². The zero-order chi connectivity index (χ0) is 16.8. The number of aliphatic hydroxyl groups is 1. The Morgan fingerprint density at radius 1 is 1.23 bits per heavy atom. The summed E-state index contributed by atoms with van der Waals surface area (Å²) in [5, 5.41) is 9.47. The second-order valence-electron chi connectivity index (χ2n) is 5.82. The summed E-state index contributed by atoms with van der Waals surface area (Å²) in [6.45, 7) is 4.79. The molecule has 0 aromatic heterocycles. The van der Waals surface area contributed by atoms with Crippen LogP contribution in [-0.2, 0) is 20.8 Å². The second kappa shape index (κ2) is 7.79. The molecule has 1 N–H and O–H groups in total. The van der Waals surface area contributed by atoms with Crippen LogP contribution in [-0.4, -0.2) is 47.4 Å². The highest BCUT2D eigenvalue weighted by molar-refractivity contribution is 5.81. The highest BCUT2D eigenvalue weighted by atomic mass is 16.6. The van der Waals surface area contributed by atoms with E-state index in [1.54, 1.807) is 20.8 Å². The van der Waals surface area contributed by atoms with E-state index in [1.807, 2.05) is 30.3 Å². The third-order valence-electron chi connectivity index (χ3n) is 2.85. The highest BCUT2D eigenvalue weighted by Crippen LogP contribution is 2.16. The molecule has 0 radical (unpaired) electrons. The zero-order valence-electron chi connectivity index (χ0n) is 13.4. The molecule has 0 saturated carbocycles. The minimum Gasteiger partial charge on any atom is -0.467 e. The number of carbonyl (C=O) groups excluding carboxylic acids is 2. The average molecular weight is 309 g/mol. The van der Waals surface area contributed by atoms with Gasteiger partial charge in [-0.1, -0.05) is 30.3 Å². The monoisotopic (exact) mass is 309 g/mol. The van der Waals surface area contributed by atoms with Gasteiger partial charge in [-0.25, -0.2) is 9.59 Å². The van der Waals surface area contributed by atoms with Gasteiger partial charge in [0.1, 0.15) is 5.60 Å². The minimum absolute atomic E-state index is 0.135. The fourth-order valence-electron chi connectivity index (χ4n) is 1.84. The SMILES string of the molecule is COC(=O)[C@H](CO)N(Cc1ccccc1)C(=O)OC(C)(C)C. The van der Waals surface area contributed by atoms with Gasteiger partial charge in [-0.05, 0) is 26.3 Å². The molecule has 0 aliphatic rings. The van der Waals surface area contributed by atoms with Crippen LogP contribution in [0, 0.1) is 0 Å². The van der Waals surface area contributed by atoms with Gasteiger partial charge in [0.2, 0.25) is 0 Å². The van der Waals surface area contributed by atoms with Gasteiger partial charge in [-0.15, -0.1) is 0 Å². The molecule has 1 aromatic carbocycles. The van der Waals surface area contributed by atoms with Crippen LogP contribution in [0.15, 0.2) is 30.3 Å². The van der Waals surface area contributed by atoms with E-state index in [0.717, 1.165) is 5.56 Å². The molecule has 1 rings (SSSR count). The molecule has 1 aromatic rings. The van der Waals surface area contributed by atoms with Crippen LogP contribution < -0.4 is 0 Å². The van der Waals surface area contributed by atoms with E-state index in [1.165, 1.54) is 12.0 Å². The second-order valence-corrected chi connectivity index (χ2v) is 5.82. The Labute approximate surface area is 130 Å². The van der Waals surface area contributed by atoms with Crippen molar-refractivity contribution >= 4 is 12.1 Å². The van der Waals surface area contributed by atoms with E-state index >= 15 is 0 Å². The molecule has 0 saturated heterocycles. The van der Waals surface area contributed by atoms with Crippen LogP contribution in [0.1, 0.15) is 26.3 Å². The average Bonchev–Trinajstić information content (AvgIpc) is 2.46. The van der Waals surface area contributed by atoms with Crippen molar-refractivity contribution in [2.75, 3.05) is 13.7 Å². The van der Waals surface area contributed by atoms with Crippen LogP contribution in [0.3, 0.4) is 0 Å². The van der Waals surface area contributed by atoms with Crippen molar-refractivity contribution in [2.45, 2.75) is 39.0 Å². The number of nitrogens with zero attached hydrogens (tertiary/aromatic N) is 1. The number of hydrogen-bond donors (Lipinski definition) is 1. The molecule has 0 aliphatic heterocycles. The Hall–Kier alpha value is -2.08. The molecule has 1 atom stereocenters. The molecule has 0 fully saturated rings. The van der Waals surface area contributed by atoms with Gasteiger partial charge >= 0.3 is 12.1 Å². The Balaban J connectivity index is 3.03. The topological polar surface area (TPSA) is 76.1 Å².